The molecule has 1 aliphatic rings. The van der Waals surface area contributed by atoms with Crippen LogP contribution in [0.4, 0.5) is 0 Å². The van der Waals surface area contributed by atoms with E-state index in [1.807, 2.05) is 94.7 Å². The molecular formula is C36H46N2O3. The summed E-state index contributed by atoms with van der Waals surface area (Å²) in [6.45, 7) is 11.2. The Kier molecular flexibility index (Phi) is 10.6. The quantitative estimate of drug-likeness (QED) is 0.236. The molecule has 2 atom stereocenters. The van der Waals surface area contributed by atoms with Gasteiger partial charge >= 0.3 is 0 Å². The van der Waals surface area contributed by atoms with Crippen molar-refractivity contribution >= 4 is 11.8 Å². The van der Waals surface area contributed by atoms with Gasteiger partial charge in [0.2, 0.25) is 11.8 Å². The highest BCUT2D eigenvalue weighted by atomic mass is 16.5. The number of carbonyl (C=O) groups is 2. The van der Waals surface area contributed by atoms with E-state index in [1.165, 1.54) is 0 Å². The van der Waals surface area contributed by atoms with Crippen LogP contribution in [0.3, 0.4) is 0 Å². The molecule has 0 radical (unpaired) electrons. The van der Waals surface area contributed by atoms with Crippen molar-refractivity contribution in [2.45, 2.75) is 79.0 Å². The van der Waals surface area contributed by atoms with Crippen LogP contribution in [0, 0.1) is 11.3 Å². The lowest BCUT2D eigenvalue weighted by atomic mass is 9.84. The fourth-order valence-corrected chi connectivity index (χ4v) is 5.85. The average molecular weight is 555 g/mol. The molecule has 1 heterocycles. The molecule has 0 N–H and O–H groups in total. The van der Waals surface area contributed by atoms with Crippen molar-refractivity contribution in [3.8, 4) is 5.75 Å². The van der Waals surface area contributed by atoms with Crippen molar-refractivity contribution in [1.29, 1.82) is 0 Å². The first-order valence-corrected chi connectivity index (χ1v) is 15.1. The van der Waals surface area contributed by atoms with Gasteiger partial charge in [-0.1, -0.05) is 100 Å². The average Bonchev–Trinajstić information content (AvgIpc) is 3.49. The van der Waals surface area contributed by atoms with Gasteiger partial charge < -0.3 is 14.5 Å². The van der Waals surface area contributed by atoms with Gasteiger partial charge in [-0.2, -0.15) is 0 Å². The summed E-state index contributed by atoms with van der Waals surface area (Å²) < 4.78 is 5.99. The first kappa shape index (κ1) is 30.4. The molecule has 0 aliphatic carbocycles. The number of benzene rings is 3. The highest BCUT2D eigenvalue weighted by Crippen LogP contribution is 2.28. The van der Waals surface area contributed by atoms with Crippen LogP contribution in [0.5, 0.6) is 5.75 Å². The second-order valence-electron chi connectivity index (χ2n) is 12.8. The summed E-state index contributed by atoms with van der Waals surface area (Å²) in [6.07, 6.45) is 3.92. The number of nitrogens with zero attached hydrogens (tertiary/aromatic N) is 2. The van der Waals surface area contributed by atoms with E-state index in [0.717, 1.165) is 54.8 Å². The van der Waals surface area contributed by atoms with E-state index in [1.54, 1.807) is 0 Å². The second-order valence-corrected chi connectivity index (χ2v) is 12.8. The summed E-state index contributed by atoms with van der Waals surface area (Å²) in [6, 6.07) is 27.6. The Morgan fingerprint density at radius 3 is 2.00 bits per heavy atom. The minimum absolute atomic E-state index is 0.0413. The Labute approximate surface area is 246 Å². The van der Waals surface area contributed by atoms with Crippen molar-refractivity contribution in [2.75, 3.05) is 13.1 Å². The van der Waals surface area contributed by atoms with Gasteiger partial charge in [0.25, 0.3) is 0 Å². The van der Waals surface area contributed by atoms with E-state index in [4.69, 9.17) is 4.74 Å². The molecule has 0 spiro atoms. The van der Waals surface area contributed by atoms with E-state index in [2.05, 4.69) is 27.7 Å². The van der Waals surface area contributed by atoms with Crippen LogP contribution < -0.4 is 4.74 Å². The van der Waals surface area contributed by atoms with Crippen LogP contribution in [-0.2, 0) is 29.2 Å². The Morgan fingerprint density at radius 1 is 0.829 bits per heavy atom. The lowest BCUT2D eigenvalue weighted by molar-refractivity contribution is -0.146. The molecule has 1 aliphatic heterocycles. The molecule has 1 fully saturated rings. The molecular weight excluding hydrogens is 508 g/mol. The fourth-order valence-electron chi connectivity index (χ4n) is 5.85. The van der Waals surface area contributed by atoms with E-state index in [0.29, 0.717) is 26.0 Å². The molecule has 5 nitrogen and oxygen atoms in total. The molecule has 2 unspecified atom stereocenters. The topological polar surface area (TPSA) is 49.9 Å². The zero-order chi connectivity index (χ0) is 29.2. The molecule has 0 bridgehead atoms. The molecule has 41 heavy (non-hydrogen) atoms. The molecule has 0 saturated carbocycles. The van der Waals surface area contributed by atoms with Crippen molar-refractivity contribution in [2.24, 2.45) is 11.3 Å². The maximum absolute atomic E-state index is 14.1. The largest absolute Gasteiger partial charge is 0.489 e. The summed E-state index contributed by atoms with van der Waals surface area (Å²) in [7, 11) is 0. The first-order chi connectivity index (χ1) is 19.7. The van der Waals surface area contributed by atoms with E-state index in [9.17, 15) is 9.59 Å². The molecule has 3 aromatic rings. The smallest absolute Gasteiger partial charge is 0.245 e. The number of hydrogen-bond acceptors (Lipinski definition) is 3. The Morgan fingerprint density at radius 2 is 1.41 bits per heavy atom. The molecule has 2 amide bonds. The van der Waals surface area contributed by atoms with Gasteiger partial charge in [-0.25, -0.2) is 0 Å². The van der Waals surface area contributed by atoms with E-state index >= 15 is 0 Å². The van der Waals surface area contributed by atoms with Crippen molar-refractivity contribution in [3.05, 3.63) is 102 Å². The maximum Gasteiger partial charge on any atom is 0.245 e. The summed E-state index contributed by atoms with van der Waals surface area (Å²) in [4.78, 5) is 31.8. The third kappa shape index (κ3) is 9.48. The zero-order valence-electron chi connectivity index (χ0n) is 25.2. The highest BCUT2D eigenvalue weighted by Gasteiger charge is 2.35. The number of hydrogen-bond donors (Lipinski definition) is 0. The summed E-state index contributed by atoms with van der Waals surface area (Å²) in [5.41, 5.74) is 3.30. The van der Waals surface area contributed by atoms with Crippen LogP contribution in [0.1, 0.15) is 70.1 Å². The van der Waals surface area contributed by atoms with Gasteiger partial charge in [-0.3, -0.25) is 9.59 Å². The number of rotatable bonds is 12. The summed E-state index contributed by atoms with van der Waals surface area (Å²) in [5, 5.41) is 0. The monoisotopic (exact) mass is 554 g/mol. The predicted molar refractivity (Wildman–Crippen MR) is 165 cm³/mol. The second kappa shape index (κ2) is 14.3. The normalized spacial score (nSPS) is 14.9. The van der Waals surface area contributed by atoms with Gasteiger partial charge in [-0.15, -0.1) is 0 Å². The Balaban J connectivity index is 1.57. The third-order valence-corrected chi connectivity index (χ3v) is 7.68. The molecule has 218 valence electrons. The van der Waals surface area contributed by atoms with Gasteiger partial charge in [0, 0.05) is 32.5 Å². The fraction of sp³-hybridized carbons (Fsp3) is 0.444. The highest BCUT2D eigenvalue weighted by molar-refractivity contribution is 5.88. The third-order valence-electron chi connectivity index (χ3n) is 7.68. The predicted octanol–water partition coefficient (Wildman–Crippen LogP) is 7.29. The zero-order valence-corrected chi connectivity index (χ0v) is 25.2. The van der Waals surface area contributed by atoms with Crippen LogP contribution in [0.2, 0.25) is 0 Å². The summed E-state index contributed by atoms with van der Waals surface area (Å²) in [5.74, 6) is 1.10. The van der Waals surface area contributed by atoms with E-state index < -0.39 is 6.04 Å². The van der Waals surface area contributed by atoms with Gasteiger partial charge in [0.05, 0.1) is 0 Å². The molecule has 3 aromatic carbocycles. The van der Waals surface area contributed by atoms with Gasteiger partial charge in [-0.05, 0) is 59.4 Å². The van der Waals surface area contributed by atoms with Crippen molar-refractivity contribution < 1.29 is 14.3 Å². The van der Waals surface area contributed by atoms with Crippen LogP contribution >= 0.6 is 0 Å². The lowest BCUT2D eigenvalue weighted by Gasteiger charge is -2.35. The van der Waals surface area contributed by atoms with Gasteiger partial charge in [0.1, 0.15) is 18.4 Å². The van der Waals surface area contributed by atoms with Gasteiger partial charge in [0.15, 0.2) is 0 Å². The maximum atomic E-state index is 14.1. The summed E-state index contributed by atoms with van der Waals surface area (Å²) >= 11 is 0. The number of amides is 2. The van der Waals surface area contributed by atoms with Crippen LogP contribution in [0.15, 0.2) is 84.9 Å². The Hall–Kier alpha value is -3.60. The van der Waals surface area contributed by atoms with Crippen molar-refractivity contribution in [1.82, 2.24) is 9.80 Å². The van der Waals surface area contributed by atoms with E-state index in [-0.39, 0.29) is 23.1 Å². The molecule has 1 saturated heterocycles. The SMILES string of the molecule is CC(CC(=O)N(Cc1ccc(OCc2ccccc2)cc1)C(Cc1ccccc1)C(=O)N1CCCC1)CC(C)(C)C. The first-order valence-electron chi connectivity index (χ1n) is 15.1. The molecule has 5 heteroatoms. The van der Waals surface area contributed by atoms with Crippen LogP contribution in [-0.4, -0.2) is 40.7 Å². The number of carbonyl (C=O) groups excluding carboxylic acids is 2. The molecule has 0 aromatic heterocycles. The number of ether oxygens (including phenoxy) is 1. The minimum atomic E-state index is -0.543. The van der Waals surface area contributed by atoms with Crippen LogP contribution in [0.25, 0.3) is 0 Å². The molecule has 4 rings (SSSR count). The minimum Gasteiger partial charge on any atom is -0.489 e. The standard InChI is InChI=1S/C36H46N2O3/c1-28(25-36(2,3)4)23-34(39)38(26-30-17-19-32(20-18-30)41-27-31-15-9-6-10-16-31)33(24-29-13-7-5-8-14-29)35(40)37-21-11-12-22-37/h5-10,13-20,28,33H,11-12,21-27H2,1-4H3. The Bertz CT molecular complexity index is 1230. The number of likely N-dealkylation sites (tertiary alicyclic amines) is 1. The van der Waals surface area contributed by atoms with Crippen molar-refractivity contribution in [3.63, 3.8) is 0 Å². The lowest BCUT2D eigenvalue weighted by Crippen LogP contribution is -2.51.